The summed E-state index contributed by atoms with van der Waals surface area (Å²) in [5.74, 6) is -1.12. The summed E-state index contributed by atoms with van der Waals surface area (Å²) in [5, 5.41) is 13.6. The predicted octanol–water partition coefficient (Wildman–Crippen LogP) is 2.14. The Labute approximate surface area is 189 Å². The lowest BCUT2D eigenvalue weighted by Crippen LogP contribution is -2.54. The molecule has 170 valence electrons. The van der Waals surface area contributed by atoms with Crippen LogP contribution in [0.25, 0.3) is 11.3 Å². The molecule has 0 aliphatic carbocycles. The molecule has 4 heterocycles. The van der Waals surface area contributed by atoms with Gasteiger partial charge in [-0.15, -0.1) is 0 Å². The zero-order chi connectivity index (χ0) is 22.4. The number of phenolic OH excluding ortho intramolecular Hbond substituents is 1. The molecule has 3 aliphatic rings. The quantitative estimate of drug-likeness (QED) is 0.722. The Morgan fingerprint density at radius 3 is 2.94 bits per heavy atom. The molecule has 0 radical (unpaired) electrons. The van der Waals surface area contributed by atoms with E-state index < -0.39 is 5.82 Å². The standard InChI is InChI=1S/C22H24ClFN4O4/c1-27-7-5-13(10-27)32-21-17-20(31-11-12-9-25-6-8-28(12)22(17)30)18(23)19(26-21)16-14(24)3-2-4-15(16)29/h2-4,12-13,25,29H,5-11H2,1H3/t12-,13-/m1/s1. The van der Waals surface area contributed by atoms with Crippen molar-refractivity contribution in [2.75, 3.05) is 46.4 Å². The minimum Gasteiger partial charge on any atom is -0.507 e. The number of carbonyl (C=O) groups is 1. The Bertz CT molecular complexity index is 1050. The highest BCUT2D eigenvalue weighted by Gasteiger charge is 2.39. The van der Waals surface area contributed by atoms with E-state index in [4.69, 9.17) is 21.1 Å². The van der Waals surface area contributed by atoms with Crippen LogP contribution in [0.1, 0.15) is 16.8 Å². The third kappa shape index (κ3) is 3.64. The van der Waals surface area contributed by atoms with Crippen molar-refractivity contribution in [2.24, 2.45) is 0 Å². The van der Waals surface area contributed by atoms with Crippen LogP contribution in [0.15, 0.2) is 18.2 Å². The second-order valence-corrected chi connectivity index (χ2v) is 8.75. The molecule has 2 aromatic rings. The summed E-state index contributed by atoms with van der Waals surface area (Å²) in [4.78, 5) is 21.9. The molecule has 2 saturated heterocycles. The van der Waals surface area contributed by atoms with Gasteiger partial charge in [-0.25, -0.2) is 9.37 Å². The Kier molecular flexibility index (Phi) is 5.56. The molecule has 1 aromatic heterocycles. The van der Waals surface area contributed by atoms with Crippen LogP contribution in [-0.4, -0.2) is 84.3 Å². The summed E-state index contributed by atoms with van der Waals surface area (Å²) in [5.41, 5.74) is -0.0323. The molecule has 0 spiro atoms. The normalized spacial score (nSPS) is 23.3. The summed E-state index contributed by atoms with van der Waals surface area (Å²) in [6, 6.07) is 3.79. The number of ether oxygens (including phenoxy) is 2. The lowest BCUT2D eigenvalue weighted by atomic mass is 10.1. The number of benzene rings is 1. The van der Waals surface area contributed by atoms with Crippen LogP contribution in [0.2, 0.25) is 5.02 Å². The van der Waals surface area contributed by atoms with Gasteiger partial charge in [0.05, 0.1) is 11.6 Å². The van der Waals surface area contributed by atoms with Crippen molar-refractivity contribution in [1.29, 1.82) is 0 Å². The average Bonchev–Trinajstić information content (AvgIpc) is 3.11. The summed E-state index contributed by atoms with van der Waals surface area (Å²) in [7, 11) is 1.99. The van der Waals surface area contributed by atoms with Gasteiger partial charge in [-0.05, 0) is 25.6 Å². The highest BCUT2D eigenvalue weighted by Crippen LogP contribution is 2.45. The van der Waals surface area contributed by atoms with Crippen molar-refractivity contribution in [2.45, 2.75) is 18.6 Å². The van der Waals surface area contributed by atoms with E-state index in [1.165, 1.54) is 18.2 Å². The van der Waals surface area contributed by atoms with Gasteiger partial charge in [0.1, 0.15) is 40.6 Å². The summed E-state index contributed by atoms with van der Waals surface area (Å²) in [6.07, 6.45) is 0.580. The maximum absolute atomic E-state index is 14.7. The van der Waals surface area contributed by atoms with E-state index in [9.17, 15) is 14.3 Å². The number of nitrogens with zero attached hydrogens (tertiary/aromatic N) is 3. The maximum Gasteiger partial charge on any atom is 0.263 e. The number of pyridine rings is 1. The zero-order valence-corrected chi connectivity index (χ0v) is 18.4. The van der Waals surface area contributed by atoms with Crippen LogP contribution in [0.3, 0.4) is 0 Å². The first-order valence-electron chi connectivity index (χ1n) is 10.6. The summed E-state index contributed by atoms with van der Waals surface area (Å²) >= 11 is 6.64. The van der Waals surface area contributed by atoms with Crippen LogP contribution in [-0.2, 0) is 0 Å². The molecule has 2 fully saturated rings. The molecule has 0 saturated carbocycles. The van der Waals surface area contributed by atoms with Crippen LogP contribution in [0.5, 0.6) is 17.4 Å². The molecule has 5 rings (SSSR count). The van der Waals surface area contributed by atoms with E-state index in [2.05, 4.69) is 15.2 Å². The first-order valence-corrected chi connectivity index (χ1v) is 11.0. The number of phenols is 1. The van der Waals surface area contributed by atoms with E-state index >= 15 is 0 Å². The number of likely N-dealkylation sites (tertiary alicyclic amines) is 1. The van der Waals surface area contributed by atoms with Crippen LogP contribution in [0, 0.1) is 5.82 Å². The van der Waals surface area contributed by atoms with Crippen LogP contribution in [0.4, 0.5) is 4.39 Å². The number of hydrogen-bond acceptors (Lipinski definition) is 7. The van der Waals surface area contributed by atoms with E-state index in [1.807, 2.05) is 7.05 Å². The van der Waals surface area contributed by atoms with Crippen molar-refractivity contribution in [3.05, 3.63) is 34.6 Å². The molecule has 0 unspecified atom stereocenters. The minimum absolute atomic E-state index is 0.0202. The molecule has 2 atom stereocenters. The van der Waals surface area contributed by atoms with Gasteiger partial charge in [0, 0.05) is 32.7 Å². The van der Waals surface area contributed by atoms with Gasteiger partial charge in [-0.3, -0.25) is 4.79 Å². The van der Waals surface area contributed by atoms with Crippen molar-refractivity contribution in [1.82, 2.24) is 20.1 Å². The van der Waals surface area contributed by atoms with Crippen LogP contribution >= 0.6 is 11.6 Å². The monoisotopic (exact) mass is 462 g/mol. The molecule has 8 nitrogen and oxygen atoms in total. The Balaban J connectivity index is 1.68. The van der Waals surface area contributed by atoms with Crippen molar-refractivity contribution < 1.29 is 23.8 Å². The third-order valence-electron chi connectivity index (χ3n) is 6.16. The van der Waals surface area contributed by atoms with E-state index in [1.54, 1.807) is 4.90 Å². The van der Waals surface area contributed by atoms with E-state index in [0.29, 0.717) is 26.2 Å². The van der Waals surface area contributed by atoms with Gasteiger partial charge < -0.3 is 29.7 Å². The maximum atomic E-state index is 14.7. The fourth-order valence-electron chi connectivity index (χ4n) is 4.49. The van der Waals surface area contributed by atoms with Crippen molar-refractivity contribution >= 4 is 17.5 Å². The van der Waals surface area contributed by atoms with Gasteiger partial charge in [0.15, 0.2) is 5.75 Å². The average molecular weight is 463 g/mol. The number of carbonyl (C=O) groups excluding carboxylic acids is 1. The van der Waals surface area contributed by atoms with Gasteiger partial charge in [-0.2, -0.15) is 0 Å². The number of rotatable bonds is 3. The number of halogens is 2. The topological polar surface area (TPSA) is 87.2 Å². The molecule has 1 amide bonds. The Morgan fingerprint density at radius 2 is 2.19 bits per heavy atom. The fourth-order valence-corrected chi connectivity index (χ4v) is 4.78. The summed E-state index contributed by atoms with van der Waals surface area (Å²) in [6.45, 7) is 3.53. The van der Waals surface area contributed by atoms with Gasteiger partial charge >= 0.3 is 0 Å². The number of piperazine rings is 1. The fraction of sp³-hybridized carbons (Fsp3) is 0.455. The highest BCUT2D eigenvalue weighted by molar-refractivity contribution is 6.35. The Hall–Kier alpha value is -2.62. The number of aromatic nitrogens is 1. The lowest BCUT2D eigenvalue weighted by molar-refractivity contribution is 0.0601. The number of hydrogen-bond donors (Lipinski definition) is 2. The molecule has 10 heteroatoms. The number of nitrogens with one attached hydrogen (secondary N) is 1. The molecule has 2 N–H and O–H groups in total. The lowest BCUT2D eigenvalue weighted by Gasteiger charge is -2.34. The SMILES string of the molecule is CN1CC[C@@H](Oc2nc(-c3c(O)cccc3F)c(Cl)c3c2C(=O)N2CCNC[C@@H]2CO3)C1. The highest BCUT2D eigenvalue weighted by atomic mass is 35.5. The third-order valence-corrected chi connectivity index (χ3v) is 6.51. The molecular formula is C22H24ClFN4O4. The Morgan fingerprint density at radius 1 is 1.34 bits per heavy atom. The number of likely N-dealkylation sites (N-methyl/N-ethyl adjacent to an activating group) is 1. The first kappa shape index (κ1) is 21.2. The van der Waals surface area contributed by atoms with Crippen molar-refractivity contribution in [3.63, 3.8) is 0 Å². The minimum atomic E-state index is -0.688. The van der Waals surface area contributed by atoms with Gasteiger partial charge in [0.25, 0.3) is 5.91 Å². The van der Waals surface area contributed by atoms with Gasteiger partial charge in [0.2, 0.25) is 5.88 Å². The summed E-state index contributed by atoms with van der Waals surface area (Å²) < 4.78 is 26.9. The zero-order valence-electron chi connectivity index (χ0n) is 17.6. The molecule has 32 heavy (non-hydrogen) atoms. The van der Waals surface area contributed by atoms with E-state index in [0.717, 1.165) is 13.0 Å². The predicted molar refractivity (Wildman–Crippen MR) is 116 cm³/mol. The van der Waals surface area contributed by atoms with Crippen LogP contribution < -0.4 is 14.8 Å². The molecule has 3 aliphatic heterocycles. The number of aromatic hydroxyl groups is 1. The van der Waals surface area contributed by atoms with E-state index in [-0.39, 0.29) is 63.9 Å². The number of amides is 1. The molecule has 0 bridgehead atoms. The molecule has 1 aromatic carbocycles. The second kappa shape index (κ2) is 8.38. The largest absolute Gasteiger partial charge is 0.507 e. The van der Waals surface area contributed by atoms with Crippen molar-refractivity contribution in [3.8, 4) is 28.6 Å². The second-order valence-electron chi connectivity index (χ2n) is 8.38. The smallest absolute Gasteiger partial charge is 0.263 e. The molecular weight excluding hydrogens is 439 g/mol. The van der Waals surface area contributed by atoms with Gasteiger partial charge in [-0.1, -0.05) is 17.7 Å². The first-order chi connectivity index (χ1) is 15.4. The number of fused-ring (bicyclic) bond motifs is 2.